The second-order valence-electron chi connectivity index (χ2n) is 8.78. The van der Waals surface area contributed by atoms with Crippen LogP contribution in [0.5, 0.6) is 5.75 Å². The number of primary amides is 1. The molecule has 0 aliphatic heterocycles. The third kappa shape index (κ3) is 12.1. The van der Waals surface area contributed by atoms with E-state index in [1.165, 1.54) is 31.2 Å². The van der Waals surface area contributed by atoms with Crippen molar-refractivity contribution in [3.63, 3.8) is 0 Å². The third-order valence-electron chi connectivity index (χ3n) is 5.40. The lowest BCUT2D eigenvalue weighted by molar-refractivity contribution is -0.144. The predicted molar refractivity (Wildman–Crippen MR) is 139 cm³/mol. The van der Waals surface area contributed by atoms with E-state index < -0.39 is 66.3 Å². The Morgan fingerprint density at radius 1 is 0.923 bits per heavy atom. The maximum atomic E-state index is 13.2. The van der Waals surface area contributed by atoms with Gasteiger partial charge < -0.3 is 54.2 Å². The number of nitrogens with one attached hydrogen (secondary N) is 3. The molecule has 0 radical (unpaired) electrons. The van der Waals surface area contributed by atoms with Gasteiger partial charge in [-0.2, -0.15) is 0 Å². The molecule has 0 aromatic heterocycles. The van der Waals surface area contributed by atoms with Crippen LogP contribution in [-0.4, -0.2) is 87.7 Å². The number of rotatable bonds is 16. The van der Waals surface area contributed by atoms with Gasteiger partial charge in [-0.3, -0.25) is 24.2 Å². The standard InChI is InChI=1S/C23H36N8O8/c1-11(32)18(21(37)30-16(22(38)39)10-17(25)34)31-20(36)15(9-12-4-6-13(33)7-5-12)29-19(35)14(24)3-2-8-28-23(26)27/h4-7,11,14-16,18,32-33H,2-3,8-10,24H2,1H3,(H2,25,34)(H,29,35)(H,30,37)(H,31,36)(H,38,39)(H4,26,27,28). The monoisotopic (exact) mass is 552 g/mol. The minimum absolute atomic E-state index is 0.0265. The Labute approximate surface area is 224 Å². The first-order valence-corrected chi connectivity index (χ1v) is 11.9. The largest absolute Gasteiger partial charge is 0.508 e. The zero-order valence-electron chi connectivity index (χ0n) is 21.4. The van der Waals surface area contributed by atoms with Crippen LogP contribution in [0.2, 0.25) is 0 Å². The number of aliphatic hydroxyl groups is 1. The Balaban J connectivity index is 3.06. The van der Waals surface area contributed by atoms with Crippen molar-refractivity contribution in [1.82, 2.24) is 16.0 Å². The van der Waals surface area contributed by atoms with Crippen molar-refractivity contribution in [2.45, 2.75) is 62.9 Å². The molecular weight excluding hydrogens is 516 g/mol. The summed E-state index contributed by atoms with van der Waals surface area (Å²) in [6, 6.07) is 0.0959. The van der Waals surface area contributed by atoms with Crippen LogP contribution in [0.25, 0.3) is 0 Å². The lowest BCUT2D eigenvalue weighted by Crippen LogP contribution is -2.60. The molecule has 0 aliphatic carbocycles. The number of amides is 4. The number of phenolic OH excluding ortho intramolecular Hbond substituents is 1. The molecular formula is C23H36N8O8. The molecule has 39 heavy (non-hydrogen) atoms. The molecule has 4 amide bonds. The Bertz CT molecular complexity index is 1040. The molecule has 16 heteroatoms. The van der Waals surface area contributed by atoms with Crippen LogP contribution in [0.3, 0.4) is 0 Å². The second kappa shape index (κ2) is 15.7. The number of carbonyl (C=O) groups excluding carboxylic acids is 4. The zero-order valence-corrected chi connectivity index (χ0v) is 21.4. The maximum Gasteiger partial charge on any atom is 0.326 e. The number of aliphatic imine (C=N–C) groups is 1. The Morgan fingerprint density at radius 2 is 1.51 bits per heavy atom. The van der Waals surface area contributed by atoms with Crippen molar-refractivity contribution >= 4 is 35.6 Å². The van der Waals surface area contributed by atoms with Crippen LogP contribution >= 0.6 is 0 Å². The first-order valence-electron chi connectivity index (χ1n) is 11.9. The number of benzene rings is 1. The van der Waals surface area contributed by atoms with E-state index in [2.05, 4.69) is 15.6 Å². The molecule has 1 aromatic rings. The number of carboxylic acid groups (broad SMARTS) is 1. The van der Waals surface area contributed by atoms with Crippen LogP contribution in [0.4, 0.5) is 0 Å². The summed E-state index contributed by atoms with van der Waals surface area (Å²) in [5.74, 6) is -5.37. The molecule has 5 atom stereocenters. The first kappa shape index (κ1) is 32.6. The Morgan fingerprint density at radius 3 is 2.03 bits per heavy atom. The molecule has 0 bridgehead atoms. The van der Waals surface area contributed by atoms with Crippen molar-refractivity contribution in [2.24, 2.45) is 27.9 Å². The van der Waals surface area contributed by atoms with Crippen LogP contribution < -0.4 is 38.9 Å². The molecule has 14 N–H and O–H groups in total. The number of hydrogen-bond acceptors (Lipinski definition) is 9. The van der Waals surface area contributed by atoms with Gasteiger partial charge >= 0.3 is 5.97 Å². The van der Waals surface area contributed by atoms with E-state index in [1.807, 2.05) is 5.32 Å². The van der Waals surface area contributed by atoms with Crippen LogP contribution in [-0.2, 0) is 30.4 Å². The van der Waals surface area contributed by atoms with Crippen molar-refractivity contribution in [1.29, 1.82) is 0 Å². The number of hydrogen-bond donors (Lipinski definition) is 10. The van der Waals surface area contributed by atoms with E-state index in [9.17, 15) is 39.3 Å². The molecule has 1 rings (SSSR count). The van der Waals surface area contributed by atoms with E-state index in [-0.39, 0.29) is 31.1 Å². The van der Waals surface area contributed by atoms with Gasteiger partial charge in [0.15, 0.2) is 5.96 Å². The third-order valence-corrected chi connectivity index (χ3v) is 5.40. The highest BCUT2D eigenvalue weighted by Crippen LogP contribution is 2.12. The highest BCUT2D eigenvalue weighted by atomic mass is 16.4. The fourth-order valence-electron chi connectivity index (χ4n) is 3.33. The Hall–Kier alpha value is -4.44. The van der Waals surface area contributed by atoms with Crippen molar-refractivity contribution in [3.05, 3.63) is 29.8 Å². The van der Waals surface area contributed by atoms with Gasteiger partial charge in [-0.1, -0.05) is 12.1 Å². The van der Waals surface area contributed by atoms with Gasteiger partial charge in [0.05, 0.1) is 18.6 Å². The van der Waals surface area contributed by atoms with Crippen LogP contribution in [0.1, 0.15) is 31.7 Å². The highest BCUT2D eigenvalue weighted by Gasteiger charge is 2.33. The quantitative estimate of drug-likeness (QED) is 0.0537. The Kier molecular flexibility index (Phi) is 13.1. The van der Waals surface area contributed by atoms with Gasteiger partial charge in [-0.25, -0.2) is 4.79 Å². The average molecular weight is 553 g/mol. The number of carboxylic acids is 1. The topological polar surface area (TPSA) is 299 Å². The number of aliphatic hydroxyl groups excluding tert-OH is 1. The van der Waals surface area contributed by atoms with E-state index >= 15 is 0 Å². The number of guanidine groups is 1. The predicted octanol–water partition coefficient (Wildman–Crippen LogP) is -3.89. The van der Waals surface area contributed by atoms with E-state index in [0.717, 1.165) is 0 Å². The molecule has 1 aromatic carbocycles. The molecule has 0 saturated carbocycles. The fraction of sp³-hybridized carbons (Fsp3) is 0.478. The van der Waals surface area contributed by atoms with E-state index in [1.54, 1.807) is 0 Å². The smallest absolute Gasteiger partial charge is 0.326 e. The normalized spacial score (nSPS) is 14.5. The van der Waals surface area contributed by atoms with Crippen LogP contribution in [0.15, 0.2) is 29.3 Å². The van der Waals surface area contributed by atoms with Gasteiger partial charge in [-0.15, -0.1) is 0 Å². The number of nitrogens with two attached hydrogens (primary N) is 4. The molecule has 16 nitrogen and oxygen atoms in total. The molecule has 0 heterocycles. The summed E-state index contributed by atoms with van der Waals surface area (Å²) >= 11 is 0. The number of aliphatic carboxylic acids is 1. The number of carbonyl (C=O) groups is 5. The summed E-state index contributed by atoms with van der Waals surface area (Å²) in [5.41, 5.74) is 22.0. The molecule has 0 fully saturated rings. The SMILES string of the molecule is CC(O)C(NC(=O)C(Cc1ccc(O)cc1)NC(=O)C(N)CCCN=C(N)N)C(=O)NC(CC(N)=O)C(=O)O. The number of phenols is 1. The first-order chi connectivity index (χ1) is 18.2. The van der Waals surface area contributed by atoms with Gasteiger partial charge in [-0.05, 0) is 37.5 Å². The minimum Gasteiger partial charge on any atom is -0.508 e. The average Bonchev–Trinajstić information content (AvgIpc) is 2.84. The molecule has 216 valence electrons. The van der Waals surface area contributed by atoms with Gasteiger partial charge in [0.25, 0.3) is 0 Å². The minimum atomic E-state index is -1.70. The molecule has 0 aliphatic rings. The second-order valence-corrected chi connectivity index (χ2v) is 8.78. The lowest BCUT2D eigenvalue weighted by atomic mass is 10.0. The van der Waals surface area contributed by atoms with E-state index in [4.69, 9.17) is 22.9 Å². The van der Waals surface area contributed by atoms with E-state index in [0.29, 0.717) is 12.0 Å². The summed E-state index contributed by atoms with van der Waals surface area (Å²) in [7, 11) is 0. The van der Waals surface area contributed by atoms with Gasteiger partial charge in [0, 0.05) is 13.0 Å². The summed E-state index contributed by atoms with van der Waals surface area (Å²) in [4.78, 5) is 64.9. The number of aromatic hydroxyl groups is 1. The maximum absolute atomic E-state index is 13.2. The number of nitrogens with zero attached hydrogens (tertiary/aromatic N) is 1. The van der Waals surface area contributed by atoms with Gasteiger partial charge in [0.1, 0.15) is 23.9 Å². The summed E-state index contributed by atoms with van der Waals surface area (Å²) < 4.78 is 0. The van der Waals surface area contributed by atoms with Crippen molar-refractivity contribution in [2.75, 3.05) is 6.54 Å². The van der Waals surface area contributed by atoms with Gasteiger partial charge in [0.2, 0.25) is 23.6 Å². The summed E-state index contributed by atoms with van der Waals surface area (Å²) in [6.07, 6.45) is -1.75. The molecule has 0 spiro atoms. The lowest BCUT2D eigenvalue weighted by Gasteiger charge is -2.26. The van der Waals surface area contributed by atoms with Crippen molar-refractivity contribution < 1.29 is 39.3 Å². The fourth-order valence-corrected chi connectivity index (χ4v) is 3.33. The summed E-state index contributed by atoms with van der Waals surface area (Å²) in [6.45, 7) is 1.41. The highest BCUT2D eigenvalue weighted by molar-refractivity contribution is 5.95. The van der Waals surface area contributed by atoms with Crippen molar-refractivity contribution in [3.8, 4) is 5.75 Å². The zero-order chi connectivity index (χ0) is 29.7. The summed E-state index contributed by atoms with van der Waals surface area (Å²) in [5, 5.41) is 35.7. The van der Waals surface area contributed by atoms with Crippen LogP contribution in [0, 0.1) is 0 Å². The molecule has 5 unspecified atom stereocenters. The molecule has 0 saturated heterocycles.